The van der Waals surface area contributed by atoms with Gasteiger partial charge in [0.2, 0.25) is 0 Å². The van der Waals surface area contributed by atoms with Crippen LogP contribution in [0.15, 0.2) is 42.5 Å². The molecule has 1 unspecified atom stereocenters. The SMILES string of the molecule is CCC(C)C(=O)OCCCCOc1ccc(C(=O)Oc2ccc(C#N)c(F)c2)cc1. The van der Waals surface area contributed by atoms with Crippen LogP contribution in [0.25, 0.3) is 0 Å². The van der Waals surface area contributed by atoms with Gasteiger partial charge in [-0.05, 0) is 55.7 Å². The molecule has 0 saturated carbocycles. The van der Waals surface area contributed by atoms with E-state index in [1.54, 1.807) is 30.3 Å². The zero-order valence-corrected chi connectivity index (χ0v) is 17.0. The molecule has 0 aliphatic carbocycles. The number of halogens is 1. The van der Waals surface area contributed by atoms with Crippen molar-refractivity contribution in [3.05, 3.63) is 59.4 Å². The van der Waals surface area contributed by atoms with Gasteiger partial charge >= 0.3 is 11.9 Å². The smallest absolute Gasteiger partial charge is 0.343 e. The Hall–Kier alpha value is -3.40. The van der Waals surface area contributed by atoms with Crippen LogP contribution in [0.3, 0.4) is 0 Å². The number of esters is 2. The highest BCUT2D eigenvalue weighted by molar-refractivity contribution is 5.91. The molecule has 0 aromatic heterocycles. The second-order valence-corrected chi connectivity index (χ2v) is 6.70. The number of carbonyl (C=O) groups excluding carboxylic acids is 2. The molecule has 0 spiro atoms. The number of nitrogens with zero attached hydrogens (tertiary/aromatic N) is 1. The fourth-order valence-electron chi connectivity index (χ4n) is 2.38. The van der Waals surface area contributed by atoms with Crippen LogP contribution < -0.4 is 9.47 Å². The first kappa shape index (κ1) is 22.9. The quantitative estimate of drug-likeness (QED) is 0.320. The van der Waals surface area contributed by atoms with E-state index < -0.39 is 11.8 Å². The molecule has 1 atom stereocenters. The molecule has 0 fully saturated rings. The fraction of sp³-hybridized carbons (Fsp3) is 0.348. The largest absolute Gasteiger partial charge is 0.494 e. The Balaban J connectivity index is 1.74. The van der Waals surface area contributed by atoms with E-state index >= 15 is 0 Å². The van der Waals surface area contributed by atoms with Crippen molar-refractivity contribution in [1.29, 1.82) is 5.26 Å². The summed E-state index contributed by atoms with van der Waals surface area (Å²) in [5.74, 6) is -1.04. The van der Waals surface area contributed by atoms with Crippen molar-refractivity contribution < 1.29 is 28.2 Å². The lowest BCUT2D eigenvalue weighted by Crippen LogP contribution is -2.15. The molecule has 0 heterocycles. The normalized spacial score (nSPS) is 11.3. The Kier molecular flexibility index (Phi) is 8.82. The van der Waals surface area contributed by atoms with Gasteiger partial charge in [0.1, 0.15) is 23.4 Å². The highest BCUT2D eigenvalue weighted by Crippen LogP contribution is 2.19. The molecule has 30 heavy (non-hydrogen) atoms. The molecular formula is C23H24FNO5. The van der Waals surface area contributed by atoms with E-state index in [1.807, 2.05) is 13.8 Å². The Morgan fingerprint density at radius 1 is 1.07 bits per heavy atom. The van der Waals surface area contributed by atoms with Crippen LogP contribution in [0.4, 0.5) is 4.39 Å². The summed E-state index contributed by atoms with van der Waals surface area (Å²) in [7, 11) is 0. The van der Waals surface area contributed by atoms with Crippen LogP contribution in [0, 0.1) is 23.1 Å². The van der Waals surface area contributed by atoms with Gasteiger partial charge in [0.25, 0.3) is 0 Å². The maximum atomic E-state index is 13.6. The Morgan fingerprint density at radius 2 is 1.73 bits per heavy atom. The van der Waals surface area contributed by atoms with Crippen LogP contribution in [-0.2, 0) is 9.53 Å². The van der Waals surface area contributed by atoms with Gasteiger partial charge in [-0.1, -0.05) is 13.8 Å². The van der Waals surface area contributed by atoms with Gasteiger partial charge in [-0.15, -0.1) is 0 Å². The third-order valence-electron chi connectivity index (χ3n) is 4.43. The molecule has 0 amide bonds. The van der Waals surface area contributed by atoms with Crippen molar-refractivity contribution in [3.63, 3.8) is 0 Å². The lowest BCUT2D eigenvalue weighted by atomic mass is 10.1. The van der Waals surface area contributed by atoms with E-state index in [0.29, 0.717) is 25.4 Å². The predicted octanol–water partition coefficient (Wildman–Crippen LogP) is 4.66. The number of hydrogen-bond donors (Lipinski definition) is 0. The van der Waals surface area contributed by atoms with Crippen LogP contribution >= 0.6 is 0 Å². The van der Waals surface area contributed by atoms with E-state index in [9.17, 15) is 14.0 Å². The molecule has 158 valence electrons. The summed E-state index contributed by atoms with van der Waals surface area (Å²) < 4.78 is 29.5. The molecule has 0 saturated heterocycles. The highest BCUT2D eigenvalue weighted by atomic mass is 19.1. The van der Waals surface area contributed by atoms with Gasteiger partial charge in [-0.25, -0.2) is 9.18 Å². The minimum absolute atomic E-state index is 0.0193. The maximum Gasteiger partial charge on any atom is 0.343 e. The van der Waals surface area contributed by atoms with Gasteiger partial charge in [0, 0.05) is 6.07 Å². The Bertz CT molecular complexity index is 905. The van der Waals surface area contributed by atoms with Crippen molar-refractivity contribution in [2.24, 2.45) is 5.92 Å². The molecule has 7 heteroatoms. The topological polar surface area (TPSA) is 85.6 Å². The number of carbonyl (C=O) groups is 2. The molecule has 0 N–H and O–H groups in total. The standard InChI is InChI=1S/C23H24FNO5/c1-3-16(2)22(26)29-13-5-4-12-28-19-9-6-17(7-10-19)23(27)30-20-11-8-18(15-25)21(24)14-20/h6-11,14,16H,3-5,12-13H2,1-2H3. The molecule has 0 aliphatic heterocycles. The summed E-state index contributed by atoms with van der Waals surface area (Å²) in [5, 5.41) is 8.72. The van der Waals surface area contributed by atoms with Crippen molar-refractivity contribution in [2.75, 3.05) is 13.2 Å². The van der Waals surface area contributed by atoms with Crippen molar-refractivity contribution in [2.45, 2.75) is 33.1 Å². The summed E-state index contributed by atoms with van der Waals surface area (Å²) >= 11 is 0. The van der Waals surface area contributed by atoms with E-state index in [1.165, 1.54) is 12.1 Å². The average Bonchev–Trinajstić information content (AvgIpc) is 2.75. The van der Waals surface area contributed by atoms with Crippen molar-refractivity contribution in [3.8, 4) is 17.6 Å². The van der Waals surface area contributed by atoms with E-state index in [0.717, 1.165) is 18.9 Å². The average molecular weight is 413 g/mol. The fourth-order valence-corrected chi connectivity index (χ4v) is 2.38. The van der Waals surface area contributed by atoms with Gasteiger partial charge in [-0.3, -0.25) is 4.79 Å². The first-order valence-corrected chi connectivity index (χ1v) is 9.76. The zero-order valence-electron chi connectivity index (χ0n) is 17.0. The third kappa shape index (κ3) is 6.89. The van der Waals surface area contributed by atoms with E-state index in [-0.39, 0.29) is 28.8 Å². The molecule has 2 aromatic carbocycles. The molecule has 6 nitrogen and oxygen atoms in total. The molecule has 0 aliphatic rings. The lowest BCUT2D eigenvalue weighted by Gasteiger charge is -2.10. The molecule has 2 rings (SSSR count). The van der Waals surface area contributed by atoms with Crippen LogP contribution in [0.5, 0.6) is 11.5 Å². The zero-order chi connectivity index (χ0) is 21.9. The maximum absolute atomic E-state index is 13.6. The Labute approximate surface area is 175 Å². The summed E-state index contributed by atoms with van der Waals surface area (Å²) in [6.45, 7) is 4.60. The van der Waals surface area contributed by atoms with Gasteiger partial charge in [0.15, 0.2) is 0 Å². The minimum atomic E-state index is -0.749. The van der Waals surface area contributed by atoms with Crippen LogP contribution in [0.2, 0.25) is 0 Å². The van der Waals surface area contributed by atoms with Crippen molar-refractivity contribution in [1.82, 2.24) is 0 Å². The summed E-state index contributed by atoms with van der Waals surface area (Å²) in [6, 6.07) is 11.7. The number of hydrogen-bond acceptors (Lipinski definition) is 6. The summed E-state index contributed by atoms with van der Waals surface area (Å²) in [6.07, 6.45) is 2.19. The van der Waals surface area contributed by atoms with Gasteiger partial charge in [-0.2, -0.15) is 5.26 Å². The van der Waals surface area contributed by atoms with Crippen LogP contribution in [0.1, 0.15) is 49.0 Å². The first-order chi connectivity index (χ1) is 14.4. The minimum Gasteiger partial charge on any atom is -0.494 e. The van der Waals surface area contributed by atoms with Gasteiger partial charge < -0.3 is 14.2 Å². The monoisotopic (exact) mass is 413 g/mol. The molecule has 0 radical (unpaired) electrons. The number of nitriles is 1. The van der Waals surface area contributed by atoms with Gasteiger partial charge in [0.05, 0.1) is 30.3 Å². The van der Waals surface area contributed by atoms with E-state index in [2.05, 4.69) is 0 Å². The summed E-state index contributed by atoms with van der Waals surface area (Å²) in [4.78, 5) is 23.7. The number of benzene rings is 2. The third-order valence-corrected chi connectivity index (χ3v) is 4.43. The summed E-state index contributed by atoms with van der Waals surface area (Å²) in [5.41, 5.74) is 0.161. The van der Waals surface area contributed by atoms with Crippen LogP contribution in [-0.4, -0.2) is 25.2 Å². The number of ether oxygens (including phenoxy) is 3. The second-order valence-electron chi connectivity index (χ2n) is 6.70. The van der Waals surface area contributed by atoms with Crippen molar-refractivity contribution >= 4 is 11.9 Å². The Morgan fingerprint density at radius 3 is 2.37 bits per heavy atom. The second kappa shape index (κ2) is 11.6. The van der Waals surface area contributed by atoms with E-state index in [4.69, 9.17) is 19.5 Å². The number of rotatable bonds is 10. The number of unbranched alkanes of at least 4 members (excludes halogenated alkanes) is 1. The molecule has 0 bridgehead atoms. The highest BCUT2D eigenvalue weighted by Gasteiger charge is 2.12. The molecule has 2 aromatic rings. The predicted molar refractivity (Wildman–Crippen MR) is 108 cm³/mol. The first-order valence-electron chi connectivity index (χ1n) is 9.76. The lowest BCUT2D eigenvalue weighted by molar-refractivity contribution is -0.148. The molecular weight excluding hydrogens is 389 g/mol.